The fourth-order valence-electron chi connectivity index (χ4n) is 3.25. The lowest BCUT2D eigenvalue weighted by atomic mass is 10.1. The molecule has 6 heteroatoms. The zero-order valence-electron chi connectivity index (χ0n) is 11.7. The third kappa shape index (κ3) is 2.36. The largest absolute Gasteiger partial charge is 0.332 e. The molecule has 108 valence electrons. The number of pyridine rings is 1. The highest BCUT2D eigenvalue weighted by molar-refractivity contribution is 5.93. The number of hydrogen-bond donors (Lipinski definition) is 2. The van der Waals surface area contributed by atoms with Gasteiger partial charge < -0.3 is 10.3 Å². The van der Waals surface area contributed by atoms with E-state index in [0.29, 0.717) is 17.6 Å². The lowest BCUT2D eigenvalue weighted by Gasteiger charge is -2.42. The van der Waals surface area contributed by atoms with Gasteiger partial charge in [0.15, 0.2) is 0 Å². The molecule has 2 unspecified atom stereocenters. The maximum atomic E-state index is 12.6. The van der Waals surface area contributed by atoms with Gasteiger partial charge in [0.25, 0.3) is 5.91 Å². The van der Waals surface area contributed by atoms with Gasteiger partial charge in [-0.05, 0) is 38.4 Å². The van der Waals surface area contributed by atoms with Crippen LogP contribution in [0.1, 0.15) is 30.3 Å². The van der Waals surface area contributed by atoms with Crippen molar-refractivity contribution in [3.63, 3.8) is 0 Å². The van der Waals surface area contributed by atoms with Gasteiger partial charge >= 0.3 is 0 Å². The number of fused-ring (bicyclic) bond motifs is 1. The SMILES string of the molecule is CC1CN2CCCC2CN1C(=O)c1cccc(NN)n1. The summed E-state index contributed by atoms with van der Waals surface area (Å²) in [5.41, 5.74) is 2.94. The minimum Gasteiger partial charge on any atom is -0.332 e. The molecule has 1 aromatic heterocycles. The van der Waals surface area contributed by atoms with E-state index >= 15 is 0 Å². The van der Waals surface area contributed by atoms with E-state index in [2.05, 4.69) is 22.2 Å². The number of anilines is 1. The molecule has 1 aromatic rings. The number of nitrogens with two attached hydrogens (primary N) is 1. The molecule has 20 heavy (non-hydrogen) atoms. The number of nitrogens with one attached hydrogen (secondary N) is 1. The standard InChI is InChI=1S/C14H21N5O/c1-10-8-18-7-3-4-11(18)9-19(10)14(20)12-5-2-6-13(16-12)17-15/h2,5-6,10-11H,3-4,7-9,15H2,1H3,(H,16,17). The number of nitrogens with zero attached hydrogens (tertiary/aromatic N) is 3. The molecule has 3 rings (SSSR count). The molecule has 6 nitrogen and oxygen atoms in total. The lowest BCUT2D eigenvalue weighted by Crippen LogP contribution is -2.56. The Labute approximate surface area is 118 Å². The third-order valence-corrected chi connectivity index (χ3v) is 4.31. The van der Waals surface area contributed by atoms with Crippen LogP contribution in [0.4, 0.5) is 5.82 Å². The second kappa shape index (κ2) is 5.38. The van der Waals surface area contributed by atoms with Crippen LogP contribution in [0.15, 0.2) is 18.2 Å². The second-order valence-electron chi connectivity index (χ2n) is 5.65. The molecule has 2 fully saturated rings. The smallest absolute Gasteiger partial charge is 0.272 e. The molecule has 0 aliphatic carbocycles. The van der Waals surface area contributed by atoms with E-state index in [1.54, 1.807) is 18.2 Å². The van der Waals surface area contributed by atoms with E-state index in [9.17, 15) is 4.79 Å². The van der Waals surface area contributed by atoms with Gasteiger partial charge in [-0.15, -0.1) is 0 Å². The van der Waals surface area contributed by atoms with Crippen molar-refractivity contribution < 1.29 is 4.79 Å². The first-order valence-corrected chi connectivity index (χ1v) is 7.17. The quantitative estimate of drug-likeness (QED) is 0.613. The van der Waals surface area contributed by atoms with Crippen LogP contribution in [0.2, 0.25) is 0 Å². The summed E-state index contributed by atoms with van der Waals surface area (Å²) >= 11 is 0. The monoisotopic (exact) mass is 275 g/mol. The van der Waals surface area contributed by atoms with Crippen molar-refractivity contribution >= 4 is 11.7 Å². The number of rotatable bonds is 2. The summed E-state index contributed by atoms with van der Waals surface area (Å²) < 4.78 is 0. The van der Waals surface area contributed by atoms with Crippen molar-refractivity contribution in [2.45, 2.75) is 31.8 Å². The minimum atomic E-state index is 0.00106. The maximum Gasteiger partial charge on any atom is 0.272 e. The van der Waals surface area contributed by atoms with E-state index in [-0.39, 0.29) is 11.9 Å². The number of carbonyl (C=O) groups excluding carboxylic acids is 1. The predicted molar refractivity (Wildman–Crippen MR) is 77.1 cm³/mol. The number of hydrazine groups is 1. The zero-order chi connectivity index (χ0) is 14.1. The zero-order valence-corrected chi connectivity index (χ0v) is 11.7. The first-order valence-electron chi connectivity index (χ1n) is 7.17. The highest BCUT2D eigenvalue weighted by atomic mass is 16.2. The van der Waals surface area contributed by atoms with Crippen LogP contribution in [-0.2, 0) is 0 Å². The number of amides is 1. The normalized spacial score (nSPS) is 26.4. The van der Waals surface area contributed by atoms with Crippen LogP contribution in [0.3, 0.4) is 0 Å². The lowest BCUT2D eigenvalue weighted by molar-refractivity contribution is 0.0390. The van der Waals surface area contributed by atoms with Crippen molar-refractivity contribution in [3.8, 4) is 0 Å². The Morgan fingerprint density at radius 1 is 1.45 bits per heavy atom. The highest BCUT2D eigenvalue weighted by Crippen LogP contribution is 2.25. The molecule has 0 spiro atoms. The van der Waals surface area contributed by atoms with Crippen molar-refractivity contribution in [2.24, 2.45) is 5.84 Å². The van der Waals surface area contributed by atoms with Gasteiger partial charge in [-0.25, -0.2) is 10.8 Å². The molecule has 0 bridgehead atoms. The number of hydrogen-bond acceptors (Lipinski definition) is 5. The summed E-state index contributed by atoms with van der Waals surface area (Å²) in [6.07, 6.45) is 2.43. The predicted octanol–water partition coefficient (Wildman–Crippen LogP) is 0.676. The average Bonchev–Trinajstić information content (AvgIpc) is 2.92. The average molecular weight is 275 g/mol. The Hall–Kier alpha value is -1.66. The van der Waals surface area contributed by atoms with Crippen LogP contribution < -0.4 is 11.3 Å². The summed E-state index contributed by atoms with van der Waals surface area (Å²) in [5.74, 6) is 5.87. The van der Waals surface area contributed by atoms with E-state index in [0.717, 1.165) is 13.1 Å². The van der Waals surface area contributed by atoms with Crippen molar-refractivity contribution in [1.82, 2.24) is 14.8 Å². The summed E-state index contributed by atoms with van der Waals surface area (Å²) in [6.45, 7) is 5.05. The molecule has 2 aliphatic heterocycles. The Morgan fingerprint density at radius 2 is 2.30 bits per heavy atom. The van der Waals surface area contributed by atoms with Crippen LogP contribution in [0, 0.1) is 0 Å². The van der Waals surface area contributed by atoms with E-state index in [1.165, 1.54) is 19.4 Å². The molecule has 2 atom stereocenters. The summed E-state index contributed by atoms with van der Waals surface area (Å²) in [7, 11) is 0. The van der Waals surface area contributed by atoms with Crippen LogP contribution in [-0.4, -0.2) is 52.4 Å². The van der Waals surface area contributed by atoms with Gasteiger partial charge in [0.1, 0.15) is 11.5 Å². The Balaban J connectivity index is 1.78. The second-order valence-corrected chi connectivity index (χ2v) is 5.65. The van der Waals surface area contributed by atoms with Crippen LogP contribution in [0.25, 0.3) is 0 Å². The van der Waals surface area contributed by atoms with E-state index in [4.69, 9.17) is 5.84 Å². The Morgan fingerprint density at radius 3 is 3.10 bits per heavy atom. The van der Waals surface area contributed by atoms with Gasteiger partial charge in [-0.1, -0.05) is 6.07 Å². The Bertz CT molecular complexity index is 506. The molecule has 2 aliphatic rings. The highest BCUT2D eigenvalue weighted by Gasteiger charge is 2.36. The molecule has 3 heterocycles. The van der Waals surface area contributed by atoms with Gasteiger partial charge in [0.2, 0.25) is 0 Å². The van der Waals surface area contributed by atoms with Gasteiger partial charge in [-0.2, -0.15) is 0 Å². The summed E-state index contributed by atoms with van der Waals surface area (Å²) in [4.78, 5) is 21.3. The molecular formula is C14H21N5O. The minimum absolute atomic E-state index is 0.00106. The molecule has 0 radical (unpaired) electrons. The summed E-state index contributed by atoms with van der Waals surface area (Å²) in [6, 6.07) is 6.04. The molecule has 0 saturated carbocycles. The van der Waals surface area contributed by atoms with Crippen molar-refractivity contribution in [1.29, 1.82) is 0 Å². The summed E-state index contributed by atoms with van der Waals surface area (Å²) in [5, 5.41) is 0. The molecule has 0 aromatic carbocycles. The fourth-order valence-corrected chi connectivity index (χ4v) is 3.25. The first kappa shape index (κ1) is 13.3. The fraction of sp³-hybridized carbons (Fsp3) is 0.571. The van der Waals surface area contributed by atoms with Gasteiger partial charge in [-0.3, -0.25) is 9.69 Å². The first-order chi connectivity index (χ1) is 9.69. The van der Waals surface area contributed by atoms with Crippen molar-refractivity contribution in [3.05, 3.63) is 23.9 Å². The van der Waals surface area contributed by atoms with E-state index < -0.39 is 0 Å². The number of aromatic nitrogens is 1. The maximum absolute atomic E-state index is 12.6. The third-order valence-electron chi connectivity index (χ3n) is 4.31. The van der Waals surface area contributed by atoms with Gasteiger partial charge in [0, 0.05) is 25.2 Å². The van der Waals surface area contributed by atoms with Crippen LogP contribution in [0.5, 0.6) is 0 Å². The molecule has 2 saturated heterocycles. The molecule has 3 N–H and O–H groups in total. The topological polar surface area (TPSA) is 74.5 Å². The number of nitrogen functional groups attached to an aromatic ring is 1. The van der Waals surface area contributed by atoms with Crippen molar-refractivity contribution in [2.75, 3.05) is 25.1 Å². The Kier molecular flexibility index (Phi) is 3.58. The molecule has 1 amide bonds. The number of carbonyl (C=O) groups is 1. The van der Waals surface area contributed by atoms with E-state index in [1.807, 2.05) is 4.90 Å². The number of piperazine rings is 1. The van der Waals surface area contributed by atoms with Gasteiger partial charge in [0.05, 0.1) is 0 Å². The van der Waals surface area contributed by atoms with Crippen LogP contribution >= 0.6 is 0 Å². The molecular weight excluding hydrogens is 254 g/mol.